The van der Waals surface area contributed by atoms with Crippen LogP contribution in [-0.2, 0) is 0 Å². The van der Waals surface area contributed by atoms with Gasteiger partial charge in [-0.1, -0.05) is 33.6 Å². The van der Waals surface area contributed by atoms with Gasteiger partial charge in [-0.25, -0.2) is 0 Å². The lowest BCUT2D eigenvalue weighted by Gasteiger charge is -2.46. The van der Waals surface area contributed by atoms with E-state index in [1.165, 1.54) is 38.5 Å². The minimum absolute atomic E-state index is 0.133. The van der Waals surface area contributed by atoms with Crippen LogP contribution in [-0.4, -0.2) is 23.5 Å². The summed E-state index contributed by atoms with van der Waals surface area (Å²) < 4.78 is 0. The first-order chi connectivity index (χ1) is 8.98. The normalized spacial score (nSPS) is 34.5. The number of hydrogen-bond acceptors (Lipinski definition) is 2. The van der Waals surface area contributed by atoms with E-state index in [1.54, 1.807) is 0 Å². The molecule has 0 atom stereocenters. The Hall–Kier alpha value is -0.550. The van der Waals surface area contributed by atoms with Crippen molar-refractivity contribution in [1.29, 1.82) is 5.26 Å². The fourth-order valence-corrected chi connectivity index (χ4v) is 3.96. The maximum atomic E-state index is 9.78. The molecule has 0 spiro atoms. The third-order valence-electron chi connectivity index (χ3n) is 5.46. The Bertz CT molecular complexity index is 318. The molecule has 0 bridgehead atoms. The predicted molar refractivity (Wildman–Crippen MR) is 79.8 cm³/mol. The number of likely N-dealkylation sites (tertiary alicyclic amines) is 1. The minimum Gasteiger partial charge on any atom is -0.286 e. The molecule has 0 N–H and O–H groups in total. The second kappa shape index (κ2) is 5.83. The van der Waals surface area contributed by atoms with Gasteiger partial charge in [0, 0.05) is 0 Å². The molecule has 1 heterocycles. The number of rotatable bonds is 1. The van der Waals surface area contributed by atoms with Gasteiger partial charge in [-0.3, -0.25) is 4.90 Å². The van der Waals surface area contributed by atoms with Gasteiger partial charge in [0.2, 0.25) is 0 Å². The number of hydrogen-bond donors (Lipinski definition) is 0. The average molecular weight is 262 g/mol. The smallest absolute Gasteiger partial charge is 0.109 e. The Labute approximate surface area is 119 Å². The lowest BCUT2D eigenvalue weighted by Crippen LogP contribution is -2.51. The van der Waals surface area contributed by atoms with E-state index in [9.17, 15) is 5.26 Å². The van der Waals surface area contributed by atoms with Crippen LogP contribution >= 0.6 is 0 Å². The molecule has 2 fully saturated rings. The Morgan fingerprint density at radius 3 is 1.95 bits per heavy atom. The highest BCUT2D eigenvalue weighted by Gasteiger charge is 2.42. The molecule has 2 rings (SSSR count). The van der Waals surface area contributed by atoms with Crippen molar-refractivity contribution in [3.05, 3.63) is 0 Å². The van der Waals surface area contributed by atoms with E-state index in [1.807, 2.05) is 0 Å². The molecule has 2 nitrogen and oxygen atoms in total. The van der Waals surface area contributed by atoms with Crippen LogP contribution in [0.25, 0.3) is 0 Å². The van der Waals surface area contributed by atoms with Crippen molar-refractivity contribution in [3.8, 4) is 6.07 Å². The van der Waals surface area contributed by atoms with Crippen LogP contribution in [0.4, 0.5) is 0 Å². The van der Waals surface area contributed by atoms with Gasteiger partial charge in [-0.05, 0) is 62.9 Å². The number of nitrogens with zero attached hydrogens (tertiary/aromatic N) is 2. The Morgan fingerprint density at radius 1 is 1.00 bits per heavy atom. The quantitative estimate of drug-likeness (QED) is 0.702. The first-order valence-electron chi connectivity index (χ1n) is 8.14. The van der Waals surface area contributed by atoms with E-state index in [0.29, 0.717) is 5.41 Å². The lowest BCUT2D eigenvalue weighted by molar-refractivity contribution is 0.0551. The fraction of sp³-hybridized carbons (Fsp3) is 0.941. The zero-order valence-corrected chi connectivity index (χ0v) is 13.0. The SMILES string of the molecule is CC(C)(C)C1CCC(C#N)(N2CCCCCC2)CC1. The van der Waals surface area contributed by atoms with Crippen LogP contribution in [0.15, 0.2) is 0 Å². The Morgan fingerprint density at radius 2 is 1.53 bits per heavy atom. The van der Waals surface area contributed by atoms with Crippen LogP contribution in [0, 0.1) is 22.7 Å². The zero-order valence-electron chi connectivity index (χ0n) is 13.0. The van der Waals surface area contributed by atoms with Crippen LogP contribution in [0.2, 0.25) is 0 Å². The summed E-state index contributed by atoms with van der Waals surface area (Å²) in [6.45, 7) is 9.34. The number of nitriles is 1. The molecule has 0 unspecified atom stereocenters. The van der Waals surface area contributed by atoms with Gasteiger partial charge in [0.15, 0.2) is 0 Å². The lowest BCUT2D eigenvalue weighted by atomic mass is 9.67. The van der Waals surface area contributed by atoms with E-state index >= 15 is 0 Å². The van der Waals surface area contributed by atoms with E-state index < -0.39 is 0 Å². The van der Waals surface area contributed by atoms with Gasteiger partial charge in [0.25, 0.3) is 0 Å². The standard InChI is InChI=1S/C17H30N2/c1-16(2,3)15-8-10-17(14-18,11-9-15)19-12-6-4-5-7-13-19/h15H,4-13H2,1-3H3. The van der Waals surface area contributed by atoms with Crippen molar-refractivity contribution in [3.63, 3.8) is 0 Å². The highest BCUT2D eigenvalue weighted by atomic mass is 15.2. The fourth-order valence-electron chi connectivity index (χ4n) is 3.96. The third-order valence-corrected chi connectivity index (χ3v) is 5.46. The minimum atomic E-state index is -0.133. The summed E-state index contributed by atoms with van der Waals surface area (Å²) >= 11 is 0. The van der Waals surface area contributed by atoms with E-state index in [-0.39, 0.29) is 5.54 Å². The first-order valence-corrected chi connectivity index (χ1v) is 8.14. The van der Waals surface area contributed by atoms with Gasteiger partial charge in [0.1, 0.15) is 5.54 Å². The van der Waals surface area contributed by atoms with Gasteiger partial charge >= 0.3 is 0 Å². The summed E-state index contributed by atoms with van der Waals surface area (Å²) in [7, 11) is 0. The Kier molecular flexibility index (Phi) is 4.56. The zero-order chi connectivity index (χ0) is 13.9. The topological polar surface area (TPSA) is 27.0 Å². The summed E-state index contributed by atoms with van der Waals surface area (Å²) in [4.78, 5) is 2.53. The maximum absolute atomic E-state index is 9.78. The summed E-state index contributed by atoms with van der Waals surface area (Å²) in [6.07, 6.45) is 9.90. The van der Waals surface area contributed by atoms with Crippen LogP contribution in [0.1, 0.15) is 72.1 Å². The maximum Gasteiger partial charge on any atom is 0.109 e. The van der Waals surface area contributed by atoms with Crippen LogP contribution in [0.5, 0.6) is 0 Å². The second-order valence-corrected chi connectivity index (χ2v) is 7.68. The van der Waals surface area contributed by atoms with E-state index in [0.717, 1.165) is 31.8 Å². The molecular formula is C17H30N2. The molecule has 0 aromatic carbocycles. The molecule has 0 aromatic heterocycles. The molecule has 1 aliphatic carbocycles. The van der Waals surface area contributed by atoms with Crippen molar-refractivity contribution in [1.82, 2.24) is 4.90 Å². The largest absolute Gasteiger partial charge is 0.286 e. The van der Waals surface area contributed by atoms with Crippen molar-refractivity contribution >= 4 is 0 Å². The summed E-state index contributed by atoms with van der Waals surface area (Å²) in [5, 5.41) is 9.78. The van der Waals surface area contributed by atoms with E-state index in [2.05, 4.69) is 31.7 Å². The molecule has 2 aliphatic rings. The molecule has 19 heavy (non-hydrogen) atoms. The van der Waals surface area contributed by atoms with E-state index in [4.69, 9.17) is 0 Å². The molecule has 2 heteroatoms. The predicted octanol–water partition coefficient (Wildman–Crippen LogP) is 4.36. The van der Waals surface area contributed by atoms with Crippen LogP contribution < -0.4 is 0 Å². The van der Waals surface area contributed by atoms with Gasteiger partial charge < -0.3 is 0 Å². The monoisotopic (exact) mass is 262 g/mol. The molecular weight excluding hydrogens is 232 g/mol. The molecule has 1 aliphatic heterocycles. The third kappa shape index (κ3) is 3.31. The van der Waals surface area contributed by atoms with Gasteiger partial charge in [-0.2, -0.15) is 5.26 Å². The molecule has 1 saturated heterocycles. The molecule has 0 radical (unpaired) electrons. The molecule has 1 saturated carbocycles. The van der Waals surface area contributed by atoms with Crippen molar-refractivity contribution < 1.29 is 0 Å². The van der Waals surface area contributed by atoms with Crippen molar-refractivity contribution in [2.45, 2.75) is 77.7 Å². The summed E-state index contributed by atoms with van der Waals surface area (Å²) in [5.41, 5.74) is 0.270. The van der Waals surface area contributed by atoms with Gasteiger partial charge in [-0.15, -0.1) is 0 Å². The first kappa shape index (κ1) is 14.9. The summed E-state index contributed by atoms with van der Waals surface area (Å²) in [6, 6.07) is 2.71. The van der Waals surface area contributed by atoms with Crippen molar-refractivity contribution in [2.75, 3.05) is 13.1 Å². The van der Waals surface area contributed by atoms with Crippen LogP contribution in [0.3, 0.4) is 0 Å². The average Bonchev–Trinajstić information content (AvgIpc) is 2.67. The molecule has 0 amide bonds. The highest BCUT2D eigenvalue weighted by Crippen LogP contribution is 2.43. The van der Waals surface area contributed by atoms with Crippen molar-refractivity contribution in [2.24, 2.45) is 11.3 Å². The van der Waals surface area contributed by atoms with Gasteiger partial charge in [0.05, 0.1) is 6.07 Å². The second-order valence-electron chi connectivity index (χ2n) is 7.68. The summed E-state index contributed by atoms with van der Waals surface area (Å²) in [5.74, 6) is 0.793. The molecule has 108 valence electrons. The molecule has 0 aromatic rings. The Balaban J connectivity index is 2.03. The highest BCUT2D eigenvalue weighted by molar-refractivity contribution is 5.11.